The second-order valence-electron chi connectivity index (χ2n) is 8.67. The van der Waals surface area contributed by atoms with Crippen LogP contribution in [-0.2, 0) is 4.74 Å². The molecule has 5 heterocycles. The van der Waals surface area contributed by atoms with Gasteiger partial charge in [-0.2, -0.15) is 9.97 Å². The van der Waals surface area contributed by atoms with Gasteiger partial charge in [-0.05, 0) is 50.0 Å². The topological polar surface area (TPSA) is 90.1 Å². The SMILES string of the molecule is COc1ncc(-c2cc3c(N4CCC(OCCN5CCCCC5)C4)nc(Cl)nn3c2)c(OC)n1. The van der Waals surface area contributed by atoms with E-state index in [1.807, 2.05) is 12.3 Å². The Morgan fingerprint density at radius 1 is 1.09 bits per heavy atom. The van der Waals surface area contributed by atoms with Crippen molar-refractivity contribution < 1.29 is 14.2 Å². The number of fused-ring (bicyclic) bond motifs is 1. The summed E-state index contributed by atoms with van der Waals surface area (Å²) in [6.45, 7) is 5.79. The molecule has 0 amide bonds. The van der Waals surface area contributed by atoms with E-state index in [4.69, 9.17) is 25.8 Å². The Morgan fingerprint density at radius 2 is 1.94 bits per heavy atom. The van der Waals surface area contributed by atoms with Gasteiger partial charge >= 0.3 is 6.01 Å². The standard InChI is InChI=1S/C23H30ClN7O3/c1-32-21-18(13-25-23(27-21)33-2)16-12-19-20(26-22(24)28-31(19)14-16)30-9-6-17(15-30)34-11-10-29-7-4-3-5-8-29/h12-14,17H,3-11,15H2,1-2H3. The predicted molar refractivity (Wildman–Crippen MR) is 129 cm³/mol. The number of nitrogens with zero attached hydrogens (tertiary/aromatic N) is 7. The quantitative estimate of drug-likeness (QED) is 0.475. The van der Waals surface area contributed by atoms with Crippen LogP contribution in [0, 0.1) is 0 Å². The van der Waals surface area contributed by atoms with Gasteiger partial charge in [0.15, 0.2) is 5.82 Å². The molecule has 0 N–H and O–H groups in total. The largest absolute Gasteiger partial charge is 0.480 e. The Hall–Kier alpha value is -2.69. The molecule has 0 aliphatic carbocycles. The lowest BCUT2D eigenvalue weighted by Gasteiger charge is -2.26. The van der Waals surface area contributed by atoms with Crippen LogP contribution in [0.25, 0.3) is 16.6 Å². The molecule has 1 atom stereocenters. The van der Waals surface area contributed by atoms with Crippen molar-refractivity contribution in [3.05, 3.63) is 23.7 Å². The summed E-state index contributed by atoms with van der Waals surface area (Å²) in [4.78, 5) is 17.8. The maximum Gasteiger partial charge on any atom is 0.319 e. The van der Waals surface area contributed by atoms with Gasteiger partial charge in [-0.15, -0.1) is 5.10 Å². The van der Waals surface area contributed by atoms with Gasteiger partial charge in [0.05, 0.1) is 32.5 Å². The molecule has 3 aromatic rings. The van der Waals surface area contributed by atoms with E-state index < -0.39 is 0 Å². The lowest BCUT2D eigenvalue weighted by Crippen LogP contribution is -2.34. The number of rotatable bonds is 8. The maximum absolute atomic E-state index is 6.29. The molecule has 2 aliphatic heterocycles. The molecule has 0 radical (unpaired) electrons. The lowest BCUT2D eigenvalue weighted by molar-refractivity contribution is 0.0467. The van der Waals surface area contributed by atoms with E-state index in [0.717, 1.165) is 55.1 Å². The van der Waals surface area contributed by atoms with Crippen molar-refractivity contribution in [2.75, 3.05) is 58.5 Å². The fourth-order valence-corrected chi connectivity index (χ4v) is 4.89. The van der Waals surface area contributed by atoms with Crippen LogP contribution >= 0.6 is 11.6 Å². The zero-order valence-corrected chi connectivity index (χ0v) is 20.4. The van der Waals surface area contributed by atoms with Crippen molar-refractivity contribution >= 4 is 22.9 Å². The number of piperidine rings is 1. The zero-order chi connectivity index (χ0) is 23.5. The number of anilines is 1. The highest BCUT2D eigenvalue weighted by atomic mass is 35.5. The third-order valence-corrected chi connectivity index (χ3v) is 6.65. The Kier molecular flexibility index (Phi) is 6.98. The Balaban J connectivity index is 1.32. The number of hydrogen-bond acceptors (Lipinski definition) is 9. The molecule has 182 valence electrons. The van der Waals surface area contributed by atoms with E-state index >= 15 is 0 Å². The van der Waals surface area contributed by atoms with E-state index in [1.165, 1.54) is 39.5 Å². The summed E-state index contributed by atoms with van der Waals surface area (Å²) in [5, 5.41) is 4.56. The number of halogens is 1. The number of aromatic nitrogens is 5. The summed E-state index contributed by atoms with van der Waals surface area (Å²) >= 11 is 6.29. The van der Waals surface area contributed by atoms with Crippen molar-refractivity contribution in [3.63, 3.8) is 0 Å². The van der Waals surface area contributed by atoms with Gasteiger partial charge in [0.2, 0.25) is 11.2 Å². The molecule has 5 rings (SSSR count). The molecule has 11 heteroatoms. The monoisotopic (exact) mass is 487 g/mol. The van der Waals surface area contributed by atoms with Crippen molar-refractivity contribution in [1.29, 1.82) is 0 Å². The molecule has 0 spiro atoms. The third-order valence-electron chi connectivity index (χ3n) is 6.49. The predicted octanol–water partition coefficient (Wildman–Crippen LogP) is 2.94. The molecule has 0 aromatic carbocycles. The highest BCUT2D eigenvalue weighted by molar-refractivity contribution is 6.28. The van der Waals surface area contributed by atoms with Crippen molar-refractivity contribution in [3.8, 4) is 23.0 Å². The molecule has 2 aliphatic rings. The lowest BCUT2D eigenvalue weighted by atomic mass is 10.1. The van der Waals surface area contributed by atoms with E-state index in [2.05, 4.69) is 29.9 Å². The number of hydrogen-bond donors (Lipinski definition) is 0. The summed E-state index contributed by atoms with van der Waals surface area (Å²) in [5.74, 6) is 1.22. The van der Waals surface area contributed by atoms with Gasteiger partial charge in [0.25, 0.3) is 0 Å². The molecular formula is C23H30ClN7O3. The first kappa shape index (κ1) is 23.1. The summed E-state index contributed by atoms with van der Waals surface area (Å²) in [7, 11) is 3.09. The van der Waals surface area contributed by atoms with E-state index in [9.17, 15) is 0 Å². The minimum atomic E-state index is 0.183. The van der Waals surface area contributed by atoms with E-state index in [1.54, 1.807) is 17.8 Å². The first-order valence-electron chi connectivity index (χ1n) is 11.7. The minimum absolute atomic E-state index is 0.183. The number of methoxy groups -OCH3 is 2. The van der Waals surface area contributed by atoms with Crippen LogP contribution in [0.5, 0.6) is 11.9 Å². The zero-order valence-electron chi connectivity index (χ0n) is 19.6. The van der Waals surface area contributed by atoms with Crippen LogP contribution in [0.15, 0.2) is 18.5 Å². The van der Waals surface area contributed by atoms with Gasteiger partial charge in [-0.25, -0.2) is 9.50 Å². The van der Waals surface area contributed by atoms with Gasteiger partial charge in [0, 0.05) is 37.6 Å². The summed E-state index contributed by atoms with van der Waals surface area (Å²) < 4.78 is 18.5. The maximum atomic E-state index is 6.29. The van der Waals surface area contributed by atoms with Crippen molar-refractivity contribution in [2.24, 2.45) is 0 Å². The first-order valence-corrected chi connectivity index (χ1v) is 12.1. The van der Waals surface area contributed by atoms with Crippen molar-refractivity contribution in [2.45, 2.75) is 31.8 Å². The number of likely N-dealkylation sites (tertiary alicyclic amines) is 1. The Bertz CT molecular complexity index is 1140. The second kappa shape index (κ2) is 10.3. The molecule has 34 heavy (non-hydrogen) atoms. The molecule has 1 unspecified atom stereocenters. The highest BCUT2D eigenvalue weighted by Crippen LogP contribution is 2.33. The fourth-order valence-electron chi connectivity index (χ4n) is 4.73. The van der Waals surface area contributed by atoms with E-state index in [-0.39, 0.29) is 17.4 Å². The van der Waals surface area contributed by atoms with Crippen LogP contribution in [0.2, 0.25) is 5.28 Å². The van der Waals surface area contributed by atoms with Crippen LogP contribution < -0.4 is 14.4 Å². The Labute approximate surface area is 203 Å². The fraction of sp³-hybridized carbons (Fsp3) is 0.565. The number of ether oxygens (including phenoxy) is 3. The molecule has 2 saturated heterocycles. The second-order valence-corrected chi connectivity index (χ2v) is 9.01. The van der Waals surface area contributed by atoms with Gasteiger partial charge in [-0.1, -0.05) is 6.42 Å². The summed E-state index contributed by atoms with van der Waals surface area (Å²) in [5.41, 5.74) is 2.44. The van der Waals surface area contributed by atoms with Crippen LogP contribution in [-0.4, -0.2) is 89.1 Å². The molecule has 2 fully saturated rings. The first-order chi connectivity index (χ1) is 16.6. The third kappa shape index (κ3) is 4.89. The van der Waals surface area contributed by atoms with Gasteiger partial charge < -0.3 is 24.0 Å². The smallest absolute Gasteiger partial charge is 0.319 e. The molecule has 0 bridgehead atoms. The van der Waals surface area contributed by atoms with Gasteiger partial charge in [0.1, 0.15) is 5.52 Å². The van der Waals surface area contributed by atoms with E-state index in [0.29, 0.717) is 5.88 Å². The Morgan fingerprint density at radius 3 is 2.74 bits per heavy atom. The molecular weight excluding hydrogens is 458 g/mol. The summed E-state index contributed by atoms with van der Waals surface area (Å²) in [6.07, 6.45) is 8.65. The van der Waals surface area contributed by atoms with Gasteiger partial charge in [-0.3, -0.25) is 0 Å². The van der Waals surface area contributed by atoms with Crippen molar-refractivity contribution in [1.82, 2.24) is 29.5 Å². The normalized spacial score (nSPS) is 19.1. The average molecular weight is 488 g/mol. The summed E-state index contributed by atoms with van der Waals surface area (Å²) in [6, 6.07) is 2.25. The minimum Gasteiger partial charge on any atom is -0.480 e. The van der Waals surface area contributed by atoms with Crippen LogP contribution in [0.3, 0.4) is 0 Å². The highest BCUT2D eigenvalue weighted by Gasteiger charge is 2.27. The molecule has 3 aromatic heterocycles. The molecule has 10 nitrogen and oxygen atoms in total. The average Bonchev–Trinajstić information content (AvgIpc) is 3.51. The molecule has 0 saturated carbocycles. The van der Waals surface area contributed by atoms with Crippen LogP contribution in [0.4, 0.5) is 5.82 Å². The van der Waals surface area contributed by atoms with Crippen LogP contribution in [0.1, 0.15) is 25.7 Å².